The van der Waals surface area contributed by atoms with E-state index in [0.717, 1.165) is 33.1 Å². The summed E-state index contributed by atoms with van der Waals surface area (Å²) in [6.07, 6.45) is 1.45. The summed E-state index contributed by atoms with van der Waals surface area (Å²) >= 11 is 0. The van der Waals surface area contributed by atoms with Crippen molar-refractivity contribution in [3.05, 3.63) is 170 Å². The minimum Gasteiger partial charge on any atom is -0.443 e. The molecule has 0 atom stereocenters. The minimum atomic E-state index is 0.674. The zero-order chi connectivity index (χ0) is 31.6. The van der Waals surface area contributed by atoms with E-state index in [2.05, 4.69) is 126 Å². The highest BCUT2D eigenvalue weighted by atomic mass is 16.3. The summed E-state index contributed by atoms with van der Waals surface area (Å²) < 4.78 is 11.0. The van der Waals surface area contributed by atoms with Gasteiger partial charge in [0, 0.05) is 5.56 Å². The molecular weight excluding hydrogens is 576 g/mol. The molecule has 0 saturated carbocycles. The molecule has 0 radical (unpaired) electrons. The SMILES string of the molecule is Cc1cc2ccccc2c2ccccc12.c1ccc2c(c1)cc(-c1nc3ccccc3o1)c1ccccc12.c1ccc2ocnc2c1. The molecule has 0 saturated heterocycles. The number of benzene rings is 8. The van der Waals surface area contributed by atoms with Gasteiger partial charge in [-0.05, 0) is 85.9 Å². The highest BCUT2D eigenvalue weighted by molar-refractivity contribution is 6.13. The van der Waals surface area contributed by atoms with E-state index < -0.39 is 0 Å². The molecule has 2 aromatic heterocycles. The van der Waals surface area contributed by atoms with Crippen LogP contribution in [0.4, 0.5) is 0 Å². The molecular formula is C43H30N2O2. The Morgan fingerprint density at radius 3 is 1.64 bits per heavy atom. The minimum absolute atomic E-state index is 0.674. The third kappa shape index (κ3) is 5.47. The van der Waals surface area contributed by atoms with Crippen LogP contribution in [-0.4, -0.2) is 9.97 Å². The molecule has 0 N–H and O–H groups in total. The fraction of sp³-hybridized carbons (Fsp3) is 0.0233. The fourth-order valence-electron chi connectivity index (χ4n) is 6.26. The molecule has 0 amide bonds. The second kappa shape index (κ2) is 12.3. The van der Waals surface area contributed by atoms with Crippen LogP contribution in [0.1, 0.15) is 5.56 Å². The first-order chi connectivity index (χ1) is 23.2. The molecule has 10 rings (SSSR count). The van der Waals surface area contributed by atoms with E-state index in [1.165, 1.54) is 49.7 Å². The summed E-state index contributed by atoms with van der Waals surface area (Å²) in [5, 5.41) is 10.2. The molecule has 4 nitrogen and oxygen atoms in total. The number of aryl methyl sites for hydroxylation is 1. The average Bonchev–Trinajstić information content (AvgIpc) is 3.80. The maximum Gasteiger partial charge on any atom is 0.227 e. The van der Waals surface area contributed by atoms with Crippen molar-refractivity contribution in [1.82, 2.24) is 9.97 Å². The van der Waals surface area contributed by atoms with Crippen molar-refractivity contribution in [1.29, 1.82) is 0 Å². The van der Waals surface area contributed by atoms with Crippen LogP contribution in [-0.2, 0) is 0 Å². The highest BCUT2D eigenvalue weighted by Gasteiger charge is 2.13. The fourth-order valence-corrected chi connectivity index (χ4v) is 6.26. The van der Waals surface area contributed by atoms with Gasteiger partial charge >= 0.3 is 0 Å². The lowest BCUT2D eigenvalue weighted by molar-refractivity contribution is 0.602. The maximum absolute atomic E-state index is 6.00. The van der Waals surface area contributed by atoms with Crippen molar-refractivity contribution in [2.24, 2.45) is 0 Å². The number of hydrogen-bond acceptors (Lipinski definition) is 4. The molecule has 2 heterocycles. The molecule has 0 aliphatic heterocycles. The van der Waals surface area contributed by atoms with Gasteiger partial charge in [-0.15, -0.1) is 0 Å². The first-order valence-corrected chi connectivity index (χ1v) is 15.6. The van der Waals surface area contributed by atoms with Gasteiger partial charge < -0.3 is 8.83 Å². The lowest BCUT2D eigenvalue weighted by Gasteiger charge is -2.08. The van der Waals surface area contributed by atoms with Gasteiger partial charge in [0.25, 0.3) is 0 Å². The van der Waals surface area contributed by atoms with Crippen molar-refractivity contribution in [2.75, 3.05) is 0 Å². The summed E-state index contributed by atoms with van der Waals surface area (Å²) in [5.41, 5.74) is 5.86. The van der Waals surface area contributed by atoms with E-state index in [4.69, 9.17) is 8.83 Å². The van der Waals surface area contributed by atoms with Gasteiger partial charge in [0.1, 0.15) is 11.0 Å². The predicted molar refractivity (Wildman–Crippen MR) is 195 cm³/mol. The lowest BCUT2D eigenvalue weighted by Crippen LogP contribution is -1.84. The molecule has 0 unspecified atom stereocenters. The Hall–Kier alpha value is -6.26. The Balaban J connectivity index is 0.000000115. The summed E-state index contributed by atoms with van der Waals surface area (Å²) in [5.74, 6) is 0.674. The summed E-state index contributed by atoms with van der Waals surface area (Å²) in [6, 6.07) is 54.0. The third-order valence-corrected chi connectivity index (χ3v) is 8.50. The zero-order valence-corrected chi connectivity index (χ0v) is 25.8. The van der Waals surface area contributed by atoms with Crippen LogP contribution >= 0.6 is 0 Å². The Labute approximate surface area is 271 Å². The number of fused-ring (bicyclic) bond motifs is 8. The van der Waals surface area contributed by atoms with Crippen LogP contribution in [0.3, 0.4) is 0 Å². The van der Waals surface area contributed by atoms with Crippen LogP contribution in [0, 0.1) is 6.92 Å². The number of oxazole rings is 2. The van der Waals surface area contributed by atoms with Crippen molar-refractivity contribution in [2.45, 2.75) is 6.92 Å². The molecule has 224 valence electrons. The quantitative estimate of drug-likeness (QED) is 0.174. The second-order valence-electron chi connectivity index (χ2n) is 11.5. The molecule has 10 aromatic rings. The van der Waals surface area contributed by atoms with Gasteiger partial charge in [-0.25, -0.2) is 9.97 Å². The standard InChI is InChI=1S/C21H13NO.C15H12.C7H5NO/c1-2-8-15-14(7-1)13-18(17-10-4-3-9-16(15)17)21-22-19-11-5-6-12-20(19)23-21;1-11-10-12-6-2-3-8-14(12)15-9-5-4-7-13(11)15;1-2-4-7-6(3-1)8-5-9-7/h1-13H;2-10H,1H3;1-5H. The smallest absolute Gasteiger partial charge is 0.227 e. The number of aromatic nitrogens is 2. The first-order valence-electron chi connectivity index (χ1n) is 15.6. The molecule has 0 fully saturated rings. The molecule has 0 aliphatic rings. The van der Waals surface area contributed by atoms with E-state index in [0.29, 0.717) is 5.89 Å². The zero-order valence-electron chi connectivity index (χ0n) is 25.8. The van der Waals surface area contributed by atoms with E-state index in [-0.39, 0.29) is 0 Å². The topological polar surface area (TPSA) is 52.1 Å². The van der Waals surface area contributed by atoms with E-state index in [1.54, 1.807) is 0 Å². The Kier molecular flexibility index (Phi) is 7.37. The Bertz CT molecular complexity index is 2600. The van der Waals surface area contributed by atoms with Crippen LogP contribution in [0.2, 0.25) is 0 Å². The van der Waals surface area contributed by atoms with Gasteiger partial charge in [0.2, 0.25) is 5.89 Å². The largest absolute Gasteiger partial charge is 0.443 e. The summed E-state index contributed by atoms with van der Waals surface area (Å²) in [7, 11) is 0. The average molecular weight is 607 g/mol. The Morgan fingerprint density at radius 1 is 0.447 bits per heavy atom. The van der Waals surface area contributed by atoms with Crippen LogP contribution in [0.5, 0.6) is 0 Å². The van der Waals surface area contributed by atoms with Crippen LogP contribution in [0.25, 0.3) is 76.7 Å². The molecule has 0 aliphatic carbocycles. The van der Waals surface area contributed by atoms with Crippen molar-refractivity contribution in [3.63, 3.8) is 0 Å². The van der Waals surface area contributed by atoms with E-state index in [9.17, 15) is 0 Å². The molecule has 0 spiro atoms. The third-order valence-electron chi connectivity index (χ3n) is 8.50. The number of nitrogens with zero attached hydrogens (tertiary/aromatic N) is 2. The lowest BCUT2D eigenvalue weighted by atomic mass is 9.97. The highest BCUT2D eigenvalue weighted by Crippen LogP contribution is 2.35. The van der Waals surface area contributed by atoms with Gasteiger partial charge in [-0.2, -0.15) is 0 Å². The maximum atomic E-state index is 6.00. The van der Waals surface area contributed by atoms with E-state index in [1.807, 2.05) is 48.5 Å². The van der Waals surface area contributed by atoms with E-state index >= 15 is 0 Å². The van der Waals surface area contributed by atoms with Crippen molar-refractivity contribution < 1.29 is 8.83 Å². The number of hydrogen-bond donors (Lipinski definition) is 0. The first kappa shape index (κ1) is 28.2. The van der Waals surface area contributed by atoms with Gasteiger partial charge in [0.15, 0.2) is 17.6 Å². The van der Waals surface area contributed by atoms with Gasteiger partial charge in [0.05, 0.1) is 0 Å². The molecule has 47 heavy (non-hydrogen) atoms. The molecule has 8 aromatic carbocycles. The normalized spacial score (nSPS) is 11.1. The Morgan fingerprint density at radius 2 is 0.957 bits per heavy atom. The van der Waals surface area contributed by atoms with Crippen molar-refractivity contribution in [3.8, 4) is 11.5 Å². The predicted octanol–water partition coefficient (Wildman–Crippen LogP) is 11.9. The summed E-state index contributed by atoms with van der Waals surface area (Å²) in [6.45, 7) is 2.18. The van der Waals surface area contributed by atoms with Crippen molar-refractivity contribution >= 4 is 65.3 Å². The second-order valence-corrected chi connectivity index (χ2v) is 11.5. The summed E-state index contributed by atoms with van der Waals surface area (Å²) in [4.78, 5) is 8.63. The molecule has 0 bridgehead atoms. The monoisotopic (exact) mass is 606 g/mol. The van der Waals surface area contributed by atoms with Crippen LogP contribution in [0.15, 0.2) is 173 Å². The molecule has 4 heteroatoms. The van der Waals surface area contributed by atoms with Gasteiger partial charge in [-0.3, -0.25) is 0 Å². The number of rotatable bonds is 1. The van der Waals surface area contributed by atoms with Crippen LogP contribution < -0.4 is 0 Å². The number of para-hydroxylation sites is 4. The van der Waals surface area contributed by atoms with Gasteiger partial charge in [-0.1, -0.05) is 127 Å².